The molecule has 148 valence electrons. The molecule has 4 rings (SSSR count). The molecule has 0 bridgehead atoms. The lowest BCUT2D eigenvalue weighted by Crippen LogP contribution is -2.48. The van der Waals surface area contributed by atoms with Gasteiger partial charge in [0.15, 0.2) is 5.82 Å². The Kier molecular flexibility index (Phi) is 4.80. The predicted octanol–water partition coefficient (Wildman–Crippen LogP) is 2.00. The van der Waals surface area contributed by atoms with Crippen molar-refractivity contribution >= 4 is 6.09 Å². The van der Waals surface area contributed by atoms with Crippen LogP contribution in [0.5, 0.6) is 0 Å². The van der Waals surface area contributed by atoms with E-state index in [9.17, 15) is 9.18 Å². The zero-order valence-electron chi connectivity index (χ0n) is 15.8. The van der Waals surface area contributed by atoms with E-state index in [1.807, 2.05) is 6.92 Å². The Morgan fingerprint density at radius 1 is 1.41 bits per heavy atom. The number of hydrogen-bond acceptors (Lipinski definition) is 6. The fourth-order valence-electron chi connectivity index (χ4n) is 5.01. The van der Waals surface area contributed by atoms with Gasteiger partial charge in [0, 0.05) is 17.5 Å². The Balaban J connectivity index is 1.34. The van der Waals surface area contributed by atoms with Gasteiger partial charge in [-0.05, 0) is 44.9 Å². The molecule has 2 heterocycles. The van der Waals surface area contributed by atoms with E-state index in [-0.39, 0.29) is 35.7 Å². The van der Waals surface area contributed by atoms with Crippen LogP contribution in [-0.4, -0.2) is 58.9 Å². The number of aromatic nitrogens is 2. The largest absolute Gasteiger partial charge is 0.453 e. The van der Waals surface area contributed by atoms with Crippen LogP contribution >= 0.6 is 0 Å². The van der Waals surface area contributed by atoms with Crippen LogP contribution in [0.3, 0.4) is 0 Å². The molecule has 0 aromatic carbocycles. The van der Waals surface area contributed by atoms with Gasteiger partial charge < -0.3 is 15.2 Å². The molecule has 1 saturated heterocycles. The molecule has 27 heavy (non-hydrogen) atoms. The van der Waals surface area contributed by atoms with Crippen molar-refractivity contribution in [2.75, 3.05) is 13.7 Å². The number of nitrogens with two attached hydrogens (primary N) is 1. The van der Waals surface area contributed by atoms with Crippen LogP contribution < -0.4 is 5.73 Å². The lowest BCUT2D eigenvalue weighted by atomic mass is 9.86. The van der Waals surface area contributed by atoms with Gasteiger partial charge in [-0.15, -0.1) is 0 Å². The Labute approximate surface area is 158 Å². The molecule has 1 aliphatic heterocycles. The minimum Gasteiger partial charge on any atom is -0.453 e. The van der Waals surface area contributed by atoms with Gasteiger partial charge in [-0.2, -0.15) is 0 Å². The Bertz CT molecular complexity index is 703. The zero-order chi connectivity index (χ0) is 19.2. The summed E-state index contributed by atoms with van der Waals surface area (Å²) >= 11 is 0. The summed E-state index contributed by atoms with van der Waals surface area (Å²) < 4.78 is 24.2. The predicted molar refractivity (Wildman–Crippen MR) is 95.5 cm³/mol. The molecular formula is C19H27FN4O3. The summed E-state index contributed by atoms with van der Waals surface area (Å²) in [4.78, 5) is 22.2. The van der Waals surface area contributed by atoms with Crippen molar-refractivity contribution in [1.82, 2.24) is 14.9 Å². The molecule has 1 amide bonds. The number of carbonyl (C=O) groups is 1. The quantitative estimate of drug-likeness (QED) is 0.862. The highest BCUT2D eigenvalue weighted by atomic mass is 19.1. The number of halogens is 1. The molecule has 2 saturated carbocycles. The van der Waals surface area contributed by atoms with Crippen LogP contribution in [0.1, 0.15) is 44.9 Å². The van der Waals surface area contributed by atoms with Crippen molar-refractivity contribution in [2.45, 2.75) is 68.7 Å². The van der Waals surface area contributed by atoms with Crippen molar-refractivity contribution in [3.05, 3.63) is 24.0 Å². The van der Waals surface area contributed by atoms with Crippen LogP contribution in [0.25, 0.3) is 0 Å². The molecule has 3 fully saturated rings. The summed E-state index contributed by atoms with van der Waals surface area (Å²) in [5, 5.41) is 0. The Morgan fingerprint density at radius 3 is 2.81 bits per heavy atom. The van der Waals surface area contributed by atoms with Crippen LogP contribution in [0.4, 0.5) is 9.18 Å². The van der Waals surface area contributed by atoms with E-state index in [0.717, 1.165) is 37.9 Å². The first-order valence-electron chi connectivity index (χ1n) is 9.66. The molecule has 2 N–H and O–H groups in total. The second-order valence-corrected chi connectivity index (χ2v) is 8.21. The van der Waals surface area contributed by atoms with E-state index < -0.39 is 5.82 Å². The first kappa shape index (κ1) is 18.6. The average molecular weight is 378 g/mol. The van der Waals surface area contributed by atoms with E-state index >= 15 is 0 Å². The van der Waals surface area contributed by atoms with Gasteiger partial charge in [0.05, 0.1) is 38.3 Å². The summed E-state index contributed by atoms with van der Waals surface area (Å²) in [6.07, 6.45) is 6.88. The SMILES string of the molecule is COC(=O)N1[C@H](C)C[C@H](N)[C@@H]1COC1CC[C@@]2(c3ncc(F)cn3)C[C@H]2C1. The number of fused-ring (bicyclic) bond motifs is 1. The summed E-state index contributed by atoms with van der Waals surface area (Å²) in [7, 11) is 1.39. The maximum atomic E-state index is 13.1. The molecule has 6 atom stereocenters. The first-order valence-corrected chi connectivity index (χ1v) is 9.66. The highest BCUT2D eigenvalue weighted by Crippen LogP contribution is 2.61. The third kappa shape index (κ3) is 3.29. The second kappa shape index (κ2) is 6.98. The molecule has 3 aliphatic rings. The molecule has 1 aromatic rings. The smallest absolute Gasteiger partial charge is 0.410 e. The molecule has 0 radical (unpaired) electrons. The van der Waals surface area contributed by atoms with Crippen molar-refractivity contribution < 1.29 is 18.7 Å². The fourth-order valence-corrected chi connectivity index (χ4v) is 5.01. The van der Waals surface area contributed by atoms with Crippen molar-refractivity contribution in [3.8, 4) is 0 Å². The number of hydrogen-bond donors (Lipinski definition) is 1. The molecule has 1 unspecified atom stereocenters. The van der Waals surface area contributed by atoms with Gasteiger partial charge in [0.1, 0.15) is 5.82 Å². The van der Waals surface area contributed by atoms with Crippen molar-refractivity contribution in [1.29, 1.82) is 0 Å². The minimum atomic E-state index is -0.401. The second-order valence-electron chi connectivity index (χ2n) is 8.21. The number of nitrogens with zero attached hydrogens (tertiary/aromatic N) is 3. The maximum absolute atomic E-state index is 13.1. The van der Waals surface area contributed by atoms with E-state index in [0.29, 0.717) is 12.5 Å². The van der Waals surface area contributed by atoms with Crippen molar-refractivity contribution in [3.63, 3.8) is 0 Å². The lowest BCUT2D eigenvalue weighted by Gasteiger charge is -2.32. The molecular weight excluding hydrogens is 351 g/mol. The highest BCUT2D eigenvalue weighted by molar-refractivity contribution is 5.69. The summed E-state index contributed by atoms with van der Waals surface area (Å²) in [6, 6.07) is -0.201. The third-order valence-electron chi connectivity index (χ3n) is 6.59. The van der Waals surface area contributed by atoms with Gasteiger partial charge in [-0.25, -0.2) is 19.2 Å². The van der Waals surface area contributed by atoms with Gasteiger partial charge in [0.25, 0.3) is 0 Å². The van der Waals surface area contributed by atoms with Gasteiger partial charge in [-0.1, -0.05) is 0 Å². The van der Waals surface area contributed by atoms with E-state index in [4.69, 9.17) is 15.2 Å². The van der Waals surface area contributed by atoms with Gasteiger partial charge >= 0.3 is 6.09 Å². The number of methoxy groups -OCH3 is 1. The molecule has 1 aromatic heterocycles. The van der Waals surface area contributed by atoms with Gasteiger partial charge in [-0.3, -0.25) is 4.90 Å². The lowest BCUT2D eigenvalue weighted by molar-refractivity contribution is -0.00958. The molecule has 7 nitrogen and oxygen atoms in total. The minimum absolute atomic E-state index is 0.00386. The van der Waals surface area contributed by atoms with Crippen LogP contribution in [0.2, 0.25) is 0 Å². The molecule has 8 heteroatoms. The normalized spacial score (nSPS) is 37.8. The summed E-state index contributed by atoms with van der Waals surface area (Å²) in [6.45, 7) is 2.41. The van der Waals surface area contributed by atoms with Crippen LogP contribution in [0, 0.1) is 11.7 Å². The topological polar surface area (TPSA) is 90.6 Å². The number of rotatable bonds is 4. The molecule has 2 aliphatic carbocycles. The monoisotopic (exact) mass is 378 g/mol. The van der Waals surface area contributed by atoms with Gasteiger partial charge in [0.2, 0.25) is 0 Å². The van der Waals surface area contributed by atoms with E-state index in [1.54, 1.807) is 4.90 Å². The fraction of sp³-hybridized carbons (Fsp3) is 0.737. The van der Waals surface area contributed by atoms with E-state index in [2.05, 4.69) is 9.97 Å². The Hall–Kier alpha value is -1.80. The summed E-state index contributed by atoms with van der Waals surface area (Å²) in [5.41, 5.74) is 6.24. The number of amides is 1. The van der Waals surface area contributed by atoms with E-state index in [1.165, 1.54) is 19.5 Å². The van der Waals surface area contributed by atoms with Crippen LogP contribution in [-0.2, 0) is 14.9 Å². The Morgan fingerprint density at radius 2 is 2.15 bits per heavy atom. The zero-order valence-corrected chi connectivity index (χ0v) is 15.8. The average Bonchev–Trinajstić information content (AvgIpc) is 3.32. The standard InChI is InChI=1S/C19H27FN4O3/c1-11-5-15(21)16(24(11)18(25)26-2)10-27-14-3-4-19(7-12(19)6-14)17-22-8-13(20)9-23-17/h8-9,11-12,14-16H,3-7,10,21H2,1-2H3/t11-,12-,14?,15+,16+,19-/m1/s1. The number of ether oxygens (including phenoxy) is 2. The highest BCUT2D eigenvalue weighted by Gasteiger charge is 2.60. The number of carbonyl (C=O) groups excluding carboxylic acids is 1. The maximum Gasteiger partial charge on any atom is 0.410 e. The van der Waals surface area contributed by atoms with Crippen molar-refractivity contribution in [2.24, 2.45) is 11.7 Å². The molecule has 0 spiro atoms. The summed E-state index contributed by atoms with van der Waals surface area (Å²) in [5.74, 6) is 0.840. The first-order chi connectivity index (χ1) is 12.9. The third-order valence-corrected chi connectivity index (χ3v) is 6.59. The number of likely N-dealkylation sites (tertiary alicyclic amines) is 1. The van der Waals surface area contributed by atoms with Crippen LogP contribution in [0.15, 0.2) is 12.4 Å².